The number of aryl methyl sites for hydroxylation is 1. The number of phenolic OH excluding ortho intramolecular Hbond substituents is 2. The average Bonchev–Trinajstić information content (AvgIpc) is 2.84. The molecule has 2 aromatic rings. The van der Waals surface area contributed by atoms with Crippen LogP contribution in [0.2, 0.25) is 0 Å². The van der Waals surface area contributed by atoms with E-state index in [0.717, 1.165) is 4.90 Å². The highest BCUT2D eigenvalue weighted by Crippen LogP contribution is 2.26. The fraction of sp³-hybridized carbons (Fsp3) is 0.407. The van der Waals surface area contributed by atoms with Crippen molar-refractivity contribution >= 4 is 23.9 Å². The van der Waals surface area contributed by atoms with E-state index in [9.17, 15) is 29.4 Å². The summed E-state index contributed by atoms with van der Waals surface area (Å²) in [7, 11) is 2.58. The van der Waals surface area contributed by atoms with Crippen molar-refractivity contribution in [3.63, 3.8) is 0 Å². The first-order valence-corrected chi connectivity index (χ1v) is 11.9. The summed E-state index contributed by atoms with van der Waals surface area (Å²) >= 11 is 0. The number of rotatable bonds is 9. The minimum Gasteiger partial charge on any atom is -0.508 e. The molecule has 2 atom stereocenters. The molecule has 0 bridgehead atoms. The first-order chi connectivity index (χ1) is 17.7. The number of aromatic hydroxyl groups is 2. The van der Waals surface area contributed by atoms with E-state index in [2.05, 4.69) is 15.4 Å². The number of benzene rings is 2. The summed E-state index contributed by atoms with van der Waals surface area (Å²) in [6.45, 7) is 6.28. The molecule has 0 aliphatic heterocycles. The Balaban J connectivity index is 2.43. The molecule has 0 spiro atoms. The standard InChI is InChI=1S/C27H35N3O8/c1-16-13-18(9-12-21(16)32)23(24(34)28-15-22(33)37-6)30(5)25(35)20(29-26(36)38-27(2,3)4)14-17-7-10-19(31)11-8-17/h7-13,20,23,31-32H,14-15H2,1-6H3,(H,28,34)(H,29,36). The normalized spacial score (nSPS) is 12.6. The maximum absolute atomic E-state index is 13.8. The Morgan fingerprint density at radius 3 is 2.21 bits per heavy atom. The van der Waals surface area contributed by atoms with Gasteiger partial charge in [0, 0.05) is 13.5 Å². The lowest BCUT2D eigenvalue weighted by Gasteiger charge is -2.32. The summed E-state index contributed by atoms with van der Waals surface area (Å²) in [5, 5.41) is 24.6. The van der Waals surface area contributed by atoms with Gasteiger partial charge in [-0.2, -0.15) is 0 Å². The Labute approximate surface area is 221 Å². The van der Waals surface area contributed by atoms with E-state index in [-0.39, 0.29) is 17.9 Å². The Bertz CT molecular complexity index is 1160. The Hall–Kier alpha value is -4.28. The molecule has 0 saturated heterocycles. The maximum Gasteiger partial charge on any atom is 0.408 e. The average molecular weight is 530 g/mol. The fourth-order valence-corrected chi connectivity index (χ4v) is 3.62. The number of nitrogens with zero attached hydrogens (tertiary/aromatic N) is 1. The molecule has 4 N–H and O–H groups in total. The van der Waals surface area contributed by atoms with Crippen LogP contribution >= 0.6 is 0 Å². The zero-order valence-corrected chi connectivity index (χ0v) is 22.4. The second-order valence-electron chi connectivity index (χ2n) is 9.76. The zero-order chi connectivity index (χ0) is 28.6. The molecule has 3 amide bonds. The molecule has 11 nitrogen and oxygen atoms in total. The van der Waals surface area contributed by atoms with Crippen molar-refractivity contribution in [2.75, 3.05) is 20.7 Å². The van der Waals surface area contributed by atoms with E-state index in [4.69, 9.17) is 4.74 Å². The molecule has 0 aliphatic rings. The van der Waals surface area contributed by atoms with Crippen LogP contribution in [-0.2, 0) is 30.3 Å². The number of alkyl carbamates (subject to hydrolysis) is 1. The first-order valence-electron chi connectivity index (χ1n) is 11.9. The maximum atomic E-state index is 13.8. The summed E-state index contributed by atoms with van der Waals surface area (Å²) in [4.78, 5) is 52.4. The Kier molecular flexibility index (Phi) is 10.1. The highest BCUT2D eigenvalue weighted by Gasteiger charge is 2.34. The number of ether oxygens (including phenoxy) is 2. The van der Waals surface area contributed by atoms with Crippen LogP contribution in [0.25, 0.3) is 0 Å². The Morgan fingerprint density at radius 1 is 1.03 bits per heavy atom. The van der Waals surface area contributed by atoms with Gasteiger partial charge in [-0.15, -0.1) is 0 Å². The number of hydrogen-bond donors (Lipinski definition) is 4. The van der Waals surface area contributed by atoms with Gasteiger partial charge in [0.05, 0.1) is 7.11 Å². The number of nitrogens with one attached hydrogen (secondary N) is 2. The van der Waals surface area contributed by atoms with Crippen molar-refractivity contribution in [2.45, 2.75) is 51.8 Å². The van der Waals surface area contributed by atoms with Gasteiger partial charge in [-0.25, -0.2) is 4.79 Å². The van der Waals surface area contributed by atoms with Gasteiger partial charge >= 0.3 is 12.1 Å². The van der Waals surface area contributed by atoms with E-state index in [1.54, 1.807) is 45.9 Å². The first kappa shape index (κ1) is 29.9. The molecular weight excluding hydrogens is 494 g/mol. The number of phenols is 2. The highest BCUT2D eigenvalue weighted by atomic mass is 16.6. The molecule has 11 heteroatoms. The van der Waals surface area contributed by atoms with Crippen molar-refractivity contribution in [2.24, 2.45) is 0 Å². The smallest absolute Gasteiger partial charge is 0.408 e. The topological polar surface area (TPSA) is 154 Å². The highest BCUT2D eigenvalue weighted by molar-refractivity contribution is 5.93. The third-order valence-electron chi connectivity index (χ3n) is 5.52. The fourth-order valence-electron chi connectivity index (χ4n) is 3.62. The molecular formula is C27H35N3O8. The largest absolute Gasteiger partial charge is 0.508 e. The van der Waals surface area contributed by atoms with Gasteiger partial charge in [-0.1, -0.05) is 18.2 Å². The quantitative estimate of drug-likeness (QED) is 0.361. The molecule has 0 heterocycles. The van der Waals surface area contributed by atoms with Crippen LogP contribution in [0.4, 0.5) is 4.79 Å². The van der Waals surface area contributed by atoms with Crippen LogP contribution in [-0.4, -0.2) is 71.3 Å². The van der Waals surface area contributed by atoms with Crippen molar-refractivity contribution in [1.29, 1.82) is 0 Å². The molecule has 38 heavy (non-hydrogen) atoms. The van der Waals surface area contributed by atoms with Crippen LogP contribution in [0.15, 0.2) is 42.5 Å². The van der Waals surface area contributed by atoms with Crippen LogP contribution in [0.5, 0.6) is 11.5 Å². The lowest BCUT2D eigenvalue weighted by atomic mass is 9.99. The number of carbonyl (C=O) groups excluding carboxylic acids is 4. The van der Waals surface area contributed by atoms with Gasteiger partial charge in [0.1, 0.15) is 35.7 Å². The SMILES string of the molecule is COC(=O)CNC(=O)C(c1ccc(O)c(C)c1)N(C)C(=O)C(Cc1ccc(O)cc1)NC(=O)OC(C)(C)C. The summed E-state index contributed by atoms with van der Waals surface area (Å²) in [6.07, 6.45) is -0.788. The second-order valence-corrected chi connectivity index (χ2v) is 9.76. The molecule has 0 radical (unpaired) electrons. The third-order valence-corrected chi connectivity index (χ3v) is 5.52. The van der Waals surface area contributed by atoms with E-state index < -0.39 is 48.1 Å². The van der Waals surface area contributed by atoms with Gasteiger partial charge in [0.25, 0.3) is 0 Å². The van der Waals surface area contributed by atoms with Gasteiger partial charge in [-0.05, 0) is 68.7 Å². The summed E-state index contributed by atoms with van der Waals surface area (Å²) < 4.78 is 9.91. The van der Waals surface area contributed by atoms with E-state index in [0.29, 0.717) is 16.7 Å². The second kappa shape index (κ2) is 12.8. The monoisotopic (exact) mass is 529 g/mol. The lowest BCUT2D eigenvalue weighted by molar-refractivity contribution is -0.143. The van der Waals surface area contributed by atoms with Crippen molar-refractivity contribution in [3.05, 3.63) is 59.2 Å². The predicted molar refractivity (Wildman–Crippen MR) is 138 cm³/mol. The van der Waals surface area contributed by atoms with Crippen molar-refractivity contribution in [3.8, 4) is 11.5 Å². The Morgan fingerprint density at radius 2 is 1.66 bits per heavy atom. The van der Waals surface area contributed by atoms with Crippen LogP contribution in [0, 0.1) is 6.92 Å². The summed E-state index contributed by atoms with van der Waals surface area (Å²) in [5.41, 5.74) is 0.667. The van der Waals surface area contributed by atoms with E-state index in [1.165, 1.54) is 38.4 Å². The number of methoxy groups -OCH3 is 1. The van der Waals surface area contributed by atoms with E-state index >= 15 is 0 Å². The molecule has 0 saturated carbocycles. The molecule has 2 rings (SSSR count). The third kappa shape index (κ3) is 8.68. The molecule has 0 aromatic heterocycles. The predicted octanol–water partition coefficient (Wildman–Crippen LogP) is 2.33. The molecule has 0 fully saturated rings. The zero-order valence-electron chi connectivity index (χ0n) is 22.4. The van der Waals surface area contributed by atoms with Gasteiger partial charge in [-0.3, -0.25) is 14.4 Å². The summed E-state index contributed by atoms with van der Waals surface area (Å²) in [5.74, 6) is -1.92. The van der Waals surface area contributed by atoms with Crippen LogP contribution < -0.4 is 10.6 Å². The summed E-state index contributed by atoms with van der Waals surface area (Å²) in [6, 6.07) is 8.21. The molecule has 2 unspecified atom stereocenters. The van der Waals surface area contributed by atoms with Crippen molar-refractivity contribution < 1.29 is 38.9 Å². The van der Waals surface area contributed by atoms with Crippen molar-refractivity contribution in [1.82, 2.24) is 15.5 Å². The van der Waals surface area contributed by atoms with Crippen LogP contribution in [0.3, 0.4) is 0 Å². The number of carbonyl (C=O) groups is 4. The minimum absolute atomic E-state index is 0.00764. The van der Waals surface area contributed by atoms with Gasteiger partial charge < -0.3 is 35.2 Å². The number of amides is 3. The number of likely N-dealkylation sites (N-methyl/N-ethyl adjacent to an activating group) is 1. The number of esters is 1. The number of hydrogen-bond acceptors (Lipinski definition) is 8. The lowest BCUT2D eigenvalue weighted by Crippen LogP contribution is -2.52. The molecule has 0 aliphatic carbocycles. The van der Waals surface area contributed by atoms with Gasteiger partial charge in [0.2, 0.25) is 11.8 Å². The van der Waals surface area contributed by atoms with E-state index in [1.807, 2.05) is 0 Å². The van der Waals surface area contributed by atoms with Gasteiger partial charge in [0.15, 0.2) is 0 Å². The molecule has 206 valence electrons. The molecule has 2 aromatic carbocycles. The minimum atomic E-state index is -1.21. The van der Waals surface area contributed by atoms with Crippen LogP contribution in [0.1, 0.15) is 43.5 Å².